The highest BCUT2D eigenvalue weighted by atomic mass is 79.9. The lowest BCUT2D eigenvalue weighted by Crippen LogP contribution is -2.37. The highest BCUT2D eigenvalue weighted by molar-refractivity contribution is 9.10. The van der Waals surface area contributed by atoms with Crippen molar-refractivity contribution in [1.29, 1.82) is 0 Å². The highest BCUT2D eigenvalue weighted by Crippen LogP contribution is 2.28. The molecule has 0 N–H and O–H groups in total. The fourth-order valence-corrected chi connectivity index (χ4v) is 5.29. The minimum absolute atomic E-state index is 0.170. The van der Waals surface area contributed by atoms with Crippen molar-refractivity contribution in [2.24, 2.45) is 0 Å². The molecule has 0 amide bonds. The minimum atomic E-state index is 0.170. The number of ketones is 1. The van der Waals surface area contributed by atoms with Crippen molar-refractivity contribution in [3.05, 3.63) is 52.7 Å². The second-order valence-electron chi connectivity index (χ2n) is 5.31. The van der Waals surface area contributed by atoms with Gasteiger partial charge in [-0.3, -0.25) is 9.69 Å². The van der Waals surface area contributed by atoms with Crippen LogP contribution in [-0.4, -0.2) is 30.3 Å². The molecule has 3 rings (SSSR count). The SMILES string of the molecule is CCN1C/C(=C\c2cc(Br)cs2)C(=O)/C(=C/c2cc(Br)cs2)C1. The van der Waals surface area contributed by atoms with E-state index in [-0.39, 0.29) is 5.78 Å². The van der Waals surface area contributed by atoms with Crippen LogP contribution in [0.2, 0.25) is 0 Å². The lowest BCUT2D eigenvalue weighted by Gasteiger charge is -2.28. The fourth-order valence-electron chi connectivity index (χ4n) is 2.48. The second-order valence-corrected chi connectivity index (χ2v) is 9.02. The Morgan fingerprint density at radius 3 is 1.87 bits per heavy atom. The van der Waals surface area contributed by atoms with Crippen molar-refractivity contribution in [2.75, 3.05) is 19.6 Å². The van der Waals surface area contributed by atoms with Gasteiger partial charge in [-0.1, -0.05) is 6.92 Å². The molecule has 0 aliphatic carbocycles. The van der Waals surface area contributed by atoms with E-state index in [1.54, 1.807) is 22.7 Å². The summed E-state index contributed by atoms with van der Waals surface area (Å²) in [4.78, 5) is 17.3. The van der Waals surface area contributed by atoms with E-state index in [1.807, 2.05) is 22.9 Å². The third kappa shape index (κ3) is 4.31. The summed E-state index contributed by atoms with van der Waals surface area (Å²) in [6.45, 7) is 4.51. The van der Waals surface area contributed by atoms with E-state index in [0.29, 0.717) is 0 Å². The van der Waals surface area contributed by atoms with Crippen molar-refractivity contribution in [3.8, 4) is 0 Å². The van der Waals surface area contributed by atoms with E-state index < -0.39 is 0 Å². The quantitative estimate of drug-likeness (QED) is 0.533. The molecule has 6 heteroatoms. The third-order valence-corrected chi connectivity index (χ3v) is 6.91. The maximum absolute atomic E-state index is 12.8. The van der Waals surface area contributed by atoms with Crippen molar-refractivity contribution in [1.82, 2.24) is 4.90 Å². The van der Waals surface area contributed by atoms with Gasteiger partial charge in [0.25, 0.3) is 0 Å². The third-order valence-electron chi connectivity index (χ3n) is 3.63. The molecule has 2 aromatic rings. The smallest absolute Gasteiger partial charge is 0.187 e. The van der Waals surface area contributed by atoms with Gasteiger partial charge in [0.2, 0.25) is 0 Å². The summed E-state index contributed by atoms with van der Waals surface area (Å²) in [7, 11) is 0. The molecule has 120 valence electrons. The van der Waals surface area contributed by atoms with E-state index in [0.717, 1.165) is 49.5 Å². The monoisotopic (exact) mass is 471 g/mol. The Hall–Kier alpha value is -0.530. The first kappa shape index (κ1) is 17.3. The number of halogens is 2. The van der Waals surface area contributed by atoms with Gasteiger partial charge in [0.15, 0.2) is 5.78 Å². The number of Topliss-reactive ketones (excluding diaryl/α,β-unsaturated/α-hetero) is 1. The summed E-state index contributed by atoms with van der Waals surface area (Å²) in [6.07, 6.45) is 4.05. The van der Waals surface area contributed by atoms with Gasteiger partial charge in [-0.2, -0.15) is 0 Å². The molecule has 1 saturated heterocycles. The first-order valence-corrected chi connectivity index (χ1v) is 10.6. The van der Waals surface area contributed by atoms with Crippen LogP contribution in [0.1, 0.15) is 16.7 Å². The van der Waals surface area contributed by atoms with Gasteiger partial charge in [0, 0.05) is 53.7 Å². The summed E-state index contributed by atoms with van der Waals surface area (Å²) in [5, 5.41) is 4.08. The second kappa shape index (κ2) is 7.57. The number of likely N-dealkylation sites (N-methyl/N-ethyl adjacent to an activating group) is 1. The maximum Gasteiger partial charge on any atom is 0.187 e. The molecule has 2 aromatic heterocycles. The molecule has 23 heavy (non-hydrogen) atoms. The number of rotatable bonds is 3. The Bertz CT molecular complexity index is 726. The molecule has 0 spiro atoms. The van der Waals surface area contributed by atoms with Crippen molar-refractivity contribution in [2.45, 2.75) is 6.92 Å². The van der Waals surface area contributed by atoms with E-state index in [1.165, 1.54) is 0 Å². The van der Waals surface area contributed by atoms with Crippen LogP contribution >= 0.6 is 54.5 Å². The largest absolute Gasteiger partial charge is 0.295 e. The standard InChI is InChI=1S/C17H15Br2NOS2/c1-2-20-7-11(3-15-5-13(18)9-22-15)17(21)12(8-20)4-16-6-14(19)10-23-16/h3-6,9-10H,2,7-8H2,1H3/b11-3+,12-4+. The van der Waals surface area contributed by atoms with Gasteiger partial charge in [-0.05, 0) is 62.7 Å². The number of hydrogen-bond acceptors (Lipinski definition) is 4. The molecular formula is C17H15Br2NOS2. The Morgan fingerprint density at radius 1 is 1.04 bits per heavy atom. The molecule has 0 radical (unpaired) electrons. The van der Waals surface area contributed by atoms with Crippen molar-refractivity contribution in [3.63, 3.8) is 0 Å². The number of likely N-dealkylation sites (tertiary alicyclic amines) is 1. The van der Waals surface area contributed by atoms with Crippen LogP contribution in [0.3, 0.4) is 0 Å². The van der Waals surface area contributed by atoms with E-state index >= 15 is 0 Å². The van der Waals surface area contributed by atoms with Gasteiger partial charge in [0.05, 0.1) is 0 Å². The van der Waals surface area contributed by atoms with E-state index in [4.69, 9.17) is 0 Å². The normalized spacial score (nSPS) is 19.9. The van der Waals surface area contributed by atoms with Crippen molar-refractivity contribution >= 4 is 72.5 Å². The molecule has 0 saturated carbocycles. The van der Waals surface area contributed by atoms with Crippen LogP contribution in [-0.2, 0) is 4.79 Å². The van der Waals surface area contributed by atoms with E-state index in [9.17, 15) is 4.79 Å². The number of carbonyl (C=O) groups is 1. The number of carbonyl (C=O) groups excluding carboxylic acids is 1. The number of hydrogen-bond donors (Lipinski definition) is 0. The molecule has 0 unspecified atom stereocenters. The predicted molar refractivity (Wildman–Crippen MR) is 107 cm³/mol. The average molecular weight is 473 g/mol. The molecule has 1 aliphatic rings. The molecule has 3 heterocycles. The first-order chi connectivity index (χ1) is 11.0. The van der Waals surface area contributed by atoms with E-state index in [2.05, 4.69) is 55.8 Å². The lowest BCUT2D eigenvalue weighted by molar-refractivity contribution is -0.113. The molecule has 2 nitrogen and oxygen atoms in total. The van der Waals surface area contributed by atoms with Crippen molar-refractivity contribution < 1.29 is 4.79 Å². The maximum atomic E-state index is 12.8. The Balaban J connectivity index is 1.93. The average Bonchev–Trinajstić information content (AvgIpc) is 3.11. The van der Waals surface area contributed by atoms with Crippen LogP contribution in [0.4, 0.5) is 0 Å². The molecule has 0 aromatic carbocycles. The Labute approximate surface area is 160 Å². The minimum Gasteiger partial charge on any atom is -0.295 e. The Kier molecular flexibility index (Phi) is 5.69. The summed E-state index contributed by atoms with van der Waals surface area (Å²) >= 11 is 10.2. The van der Waals surface area contributed by atoms with Crippen LogP contribution in [0.25, 0.3) is 12.2 Å². The molecule has 1 aliphatic heterocycles. The van der Waals surface area contributed by atoms with Gasteiger partial charge >= 0.3 is 0 Å². The topological polar surface area (TPSA) is 20.3 Å². The number of thiophene rings is 2. The predicted octanol–water partition coefficient (Wildman–Crippen LogP) is 5.71. The number of nitrogens with zero attached hydrogens (tertiary/aromatic N) is 1. The zero-order valence-electron chi connectivity index (χ0n) is 12.5. The molecular weight excluding hydrogens is 458 g/mol. The van der Waals surface area contributed by atoms with Gasteiger partial charge < -0.3 is 0 Å². The summed E-state index contributed by atoms with van der Waals surface area (Å²) in [6, 6.07) is 4.10. The van der Waals surface area contributed by atoms with Crippen LogP contribution in [0.15, 0.2) is 43.0 Å². The summed E-state index contributed by atoms with van der Waals surface area (Å²) in [5.74, 6) is 0.170. The zero-order chi connectivity index (χ0) is 16.4. The fraction of sp³-hybridized carbons (Fsp3) is 0.235. The Morgan fingerprint density at radius 2 is 1.52 bits per heavy atom. The summed E-state index contributed by atoms with van der Waals surface area (Å²) in [5.41, 5.74) is 1.74. The summed E-state index contributed by atoms with van der Waals surface area (Å²) < 4.78 is 2.12. The van der Waals surface area contributed by atoms with Crippen LogP contribution < -0.4 is 0 Å². The van der Waals surface area contributed by atoms with Gasteiger partial charge in [0.1, 0.15) is 0 Å². The lowest BCUT2D eigenvalue weighted by atomic mass is 9.96. The molecule has 0 bridgehead atoms. The molecule has 1 fully saturated rings. The zero-order valence-corrected chi connectivity index (χ0v) is 17.3. The first-order valence-electron chi connectivity index (χ1n) is 7.21. The van der Waals surface area contributed by atoms with Gasteiger partial charge in [-0.25, -0.2) is 0 Å². The van der Waals surface area contributed by atoms with Crippen LogP contribution in [0, 0.1) is 0 Å². The van der Waals surface area contributed by atoms with Gasteiger partial charge in [-0.15, -0.1) is 22.7 Å². The highest BCUT2D eigenvalue weighted by Gasteiger charge is 2.25. The number of piperidine rings is 1. The van der Waals surface area contributed by atoms with Crippen LogP contribution in [0.5, 0.6) is 0 Å². The molecule has 0 atom stereocenters.